The van der Waals surface area contributed by atoms with Crippen LogP contribution in [0.2, 0.25) is 0 Å². The van der Waals surface area contributed by atoms with Crippen LogP contribution in [0.15, 0.2) is 23.8 Å². The average molecular weight is 226 g/mol. The Labute approximate surface area is 95.6 Å². The van der Waals surface area contributed by atoms with E-state index in [1.807, 2.05) is 6.92 Å². The van der Waals surface area contributed by atoms with Crippen LogP contribution < -0.4 is 0 Å². The zero-order valence-corrected chi connectivity index (χ0v) is 9.95. The second kappa shape index (κ2) is 6.82. The molecule has 1 N–H and O–H groups in total. The van der Waals surface area contributed by atoms with Gasteiger partial charge in [-0.3, -0.25) is 0 Å². The standard InChI is InChI=1S/C12H18O4/c1-5-6-10(4)16-12(15)9(3)7-8(2)11(13)14/h7,10H,3,5-6H2,1-2,4H3,(H,13,14). The molecule has 0 saturated heterocycles. The van der Waals surface area contributed by atoms with Gasteiger partial charge in [-0.25, -0.2) is 9.59 Å². The van der Waals surface area contributed by atoms with Gasteiger partial charge >= 0.3 is 11.9 Å². The summed E-state index contributed by atoms with van der Waals surface area (Å²) in [5, 5.41) is 8.62. The highest BCUT2D eigenvalue weighted by Crippen LogP contribution is 2.07. The maximum Gasteiger partial charge on any atom is 0.337 e. The zero-order valence-electron chi connectivity index (χ0n) is 9.95. The molecule has 0 aromatic heterocycles. The first-order valence-electron chi connectivity index (χ1n) is 5.20. The maximum atomic E-state index is 11.4. The quantitative estimate of drug-likeness (QED) is 0.429. The molecule has 1 unspecified atom stereocenters. The molecule has 0 aromatic carbocycles. The Balaban J connectivity index is 4.35. The summed E-state index contributed by atoms with van der Waals surface area (Å²) in [6, 6.07) is 0. The molecule has 1 atom stereocenters. The van der Waals surface area contributed by atoms with Gasteiger partial charge in [0, 0.05) is 5.57 Å². The van der Waals surface area contributed by atoms with Crippen LogP contribution in [-0.4, -0.2) is 23.1 Å². The molecule has 0 rings (SSSR count). The van der Waals surface area contributed by atoms with E-state index in [2.05, 4.69) is 6.58 Å². The summed E-state index contributed by atoms with van der Waals surface area (Å²) in [7, 11) is 0. The smallest absolute Gasteiger partial charge is 0.337 e. The fourth-order valence-corrected chi connectivity index (χ4v) is 1.11. The molecule has 0 bridgehead atoms. The minimum absolute atomic E-state index is 0.0582. The third-order valence-corrected chi connectivity index (χ3v) is 1.99. The third kappa shape index (κ3) is 5.34. The number of carbonyl (C=O) groups is 2. The number of carbonyl (C=O) groups excluding carboxylic acids is 1. The van der Waals surface area contributed by atoms with Crippen LogP contribution in [-0.2, 0) is 14.3 Å². The maximum absolute atomic E-state index is 11.4. The van der Waals surface area contributed by atoms with Crippen molar-refractivity contribution in [1.29, 1.82) is 0 Å². The minimum atomic E-state index is -1.07. The molecule has 0 saturated carbocycles. The molecule has 0 aliphatic rings. The van der Waals surface area contributed by atoms with Crippen molar-refractivity contribution in [1.82, 2.24) is 0 Å². The van der Waals surface area contributed by atoms with E-state index in [1.165, 1.54) is 13.0 Å². The van der Waals surface area contributed by atoms with E-state index in [0.29, 0.717) is 0 Å². The second-order valence-corrected chi connectivity index (χ2v) is 3.66. The van der Waals surface area contributed by atoms with Crippen LogP contribution in [0.1, 0.15) is 33.6 Å². The van der Waals surface area contributed by atoms with Crippen LogP contribution in [0.25, 0.3) is 0 Å². The molecule has 0 heterocycles. The summed E-state index contributed by atoms with van der Waals surface area (Å²) in [6.07, 6.45) is 2.74. The van der Waals surface area contributed by atoms with E-state index in [0.717, 1.165) is 12.8 Å². The Morgan fingerprint density at radius 2 is 2.06 bits per heavy atom. The van der Waals surface area contributed by atoms with E-state index >= 15 is 0 Å². The molecule has 16 heavy (non-hydrogen) atoms. The second-order valence-electron chi connectivity index (χ2n) is 3.66. The molecule has 0 spiro atoms. The molecular weight excluding hydrogens is 208 g/mol. The first-order valence-corrected chi connectivity index (χ1v) is 5.20. The first kappa shape index (κ1) is 14.4. The van der Waals surface area contributed by atoms with Gasteiger partial charge in [-0.15, -0.1) is 0 Å². The summed E-state index contributed by atoms with van der Waals surface area (Å²) in [5.74, 6) is -1.64. The Hall–Kier alpha value is -1.58. The Morgan fingerprint density at radius 3 is 2.50 bits per heavy atom. The Kier molecular flexibility index (Phi) is 6.15. The zero-order chi connectivity index (χ0) is 12.7. The van der Waals surface area contributed by atoms with E-state index in [9.17, 15) is 9.59 Å². The van der Waals surface area contributed by atoms with Crippen molar-refractivity contribution in [3.8, 4) is 0 Å². The van der Waals surface area contributed by atoms with Crippen molar-refractivity contribution in [3.05, 3.63) is 23.8 Å². The predicted molar refractivity (Wildman–Crippen MR) is 61.0 cm³/mol. The number of esters is 1. The van der Waals surface area contributed by atoms with Crippen LogP contribution in [0, 0.1) is 0 Å². The van der Waals surface area contributed by atoms with E-state index < -0.39 is 11.9 Å². The van der Waals surface area contributed by atoms with Gasteiger partial charge < -0.3 is 9.84 Å². The highest BCUT2D eigenvalue weighted by Gasteiger charge is 2.12. The monoisotopic (exact) mass is 226 g/mol. The molecule has 0 aliphatic heterocycles. The lowest BCUT2D eigenvalue weighted by molar-refractivity contribution is -0.143. The molecule has 0 fully saturated rings. The largest absolute Gasteiger partial charge is 0.478 e. The average Bonchev–Trinajstić information content (AvgIpc) is 2.17. The number of hydrogen-bond acceptors (Lipinski definition) is 3. The number of rotatable bonds is 6. The van der Waals surface area contributed by atoms with Gasteiger partial charge in [0.25, 0.3) is 0 Å². The highest BCUT2D eigenvalue weighted by molar-refractivity contribution is 5.95. The van der Waals surface area contributed by atoms with Gasteiger partial charge in [0.05, 0.1) is 11.7 Å². The van der Waals surface area contributed by atoms with Crippen molar-refractivity contribution in [2.75, 3.05) is 0 Å². The van der Waals surface area contributed by atoms with Crippen molar-refractivity contribution in [2.45, 2.75) is 39.7 Å². The topological polar surface area (TPSA) is 63.6 Å². The van der Waals surface area contributed by atoms with Gasteiger partial charge in [-0.1, -0.05) is 19.9 Å². The van der Waals surface area contributed by atoms with E-state index in [-0.39, 0.29) is 17.3 Å². The van der Waals surface area contributed by atoms with Crippen LogP contribution in [0.5, 0.6) is 0 Å². The SMILES string of the molecule is C=C(C=C(C)C(=O)O)C(=O)OC(C)CCC. The number of ether oxygens (including phenoxy) is 1. The molecule has 4 heteroatoms. The summed E-state index contributed by atoms with van der Waals surface area (Å²) in [4.78, 5) is 21.9. The predicted octanol–water partition coefficient (Wildman–Crippen LogP) is 2.31. The minimum Gasteiger partial charge on any atom is -0.478 e. The van der Waals surface area contributed by atoms with Crippen molar-refractivity contribution >= 4 is 11.9 Å². The summed E-state index contributed by atoms with van der Waals surface area (Å²) in [5.41, 5.74) is 0.118. The number of hydrogen-bond donors (Lipinski definition) is 1. The van der Waals surface area contributed by atoms with Crippen molar-refractivity contribution in [2.24, 2.45) is 0 Å². The lowest BCUT2D eigenvalue weighted by Crippen LogP contribution is -2.15. The molecular formula is C12H18O4. The van der Waals surface area contributed by atoms with Gasteiger partial charge in [0.1, 0.15) is 0 Å². The first-order chi connectivity index (χ1) is 7.38. The van der Waals surface area contributed by atoms with Gasteiger partial charge in [-0.2, -0.15) is 0 Å². The highest BCUT2D eigenvalue weighted by atomic mass is 16.5. The lowest BCUT2D eigenvalue weighted by Gasteiger charge is -2.11. The summed E-state index contributed by atoms with van der Waals surface area (Å²) >= 11 is 0. The van der Waals surface area contributed by atoms with Crippen LogP contribution in [0.3, 0.4) is 0 Å². The van der Waals surface area contributed by atoms with Crippen LogP contribution >= 0.6 is 0 Å². The van der Waals surface area contributed by atoms with Crippen LogP contribution in [0.4, 0.5) is 0 Å². The van der Waals surface area contributed by atoms with E-state index in [1.54, 1.807) is 6.92 Å². The number of aliphatic carboxylic acids is 1. The molecule has 4 nitrogen and oxygen atoms in total. The molecule has 0 aliphatic carbocycles. The van der Waals surface area contributed by atoms with Gasteiger partial charge in [0.2, 0.25) is 0 Å². The fourth-order valence-electron chi connectivity index (χ4n) is 1.11. The lowest BCUT2D eigenvalue weighted by atomic mass is 10.2. The third-order valence-electron chi connectivity index (χ3n) is 1.99. The summed E-state index contributed by atoms with van der Waals surface area (Å²) < 4.78 is 5.06. The summed E-state index contributed by atoms with van der Waals surface area (Å²) in [6.45, 7) is 8.66. The number of carboxylic acid groups (broad SMARTS) is 1. The Morgan fingerprint density at radius 1 is 1.50 bits per heavy atom. The van der Waals surface area contributed by atoms with E-state index in [4.69, 9.17) is 9.84 Å². The molecule has 90 valence electrons. The number of carboxylic acids is 1. The van der Waals surface area contributed by atoms with Crippen molar-refractivity contribution < 1.29 is 19.4 Å². The fraction of sp³-hybridized carbons (Fsp3) is 0.500. The van der Waals surface area contributed by atoms with Crippen molar-refractivity contribution in [3.63, 3.8) is 0 Å². The normalized spacial score (nSPS) is 13.1. The van der Waals surface area contributed by atoms with Gasteiger partial charge in [0.15, 0.2) is 0 Å². The molecule has 0 aromatic rings. The molecule has 0 radical (unpaired) electrons. The van der Waals surface area contributed by atoms with Gasteiger partial charge in [-0.05, 0) is 26.3 Å². The molecule has 0 amide bonds. The Bertz CT molecular complexity index is 315.